The number of amides is 3. The first-order valence-corrected chi connectivity index (χ1v) is 19.9. The zero-order chi connectivity index (χ0) is 39.9. The van der Waals surface area contributed by atoms with Crippen LogP contribution in [0.3, 0.4) is 0 Å². The van der Waals surface area contributed by atoms with Crippen molar-refractivity contribution in [3.8, 4) is 23.0 Å². The first-order chi connectivity index (χ1) is 28.2. The molecule has 292 valence electrons. The molecule has 9 rings (SSSR count). The van der Waals surface area contributed by atoms with Crippen LogP contribution in [0, 0.1) is 18.8 Å². The van der Waals surface area contributed by atoms with Crippen molar-refractivity contribution in [3.05, 3.63) is 123 Å². The number of hydrogen-bond acceptors (Lipinski definition) is 8. The van der Waals surface area contributed by atoms with Crippen LogP contribution >= 0.6 is 0 Å². The van der Waals surface area contributed by atoms with Gasteiger partial charge in [0.05, 0.1) is 29.9 Å². The molecule has 0 aliphatic carbocycles. The summed E-state index contributed by atoms with van der Waals surface area (Å²) in [4.78, 5) is 57.1. The van der Waals surface area contributed by atoms with Crippen molar-refractivity contribution in [2.75, 3.05) is 31.2 Å². The fourth-order valence-corrected chi connectivity index (χ4v) is 8.69. The van der Waals surface area contributed by atoms with Gasteiger partial charge in [0.15, 0.2) is 0 Å². The second kappa shape index (κ2) is 15.4. The first-order valence-electron chi connectivity index (χ1n) is 19.9. The minimum Gasteiger partial charge on any atom is -0.464 e. The van der Waals surface area contributed by atoms with Gasteiger partial charge in [0.1, 0.15) is 11.3 Å². The molecule has 2 N–H and O–H groups in total. The summed E-state index contributed by atoms with van der Waals surface area (Å²) in [6, 6.07) is 22.3. The van der Waals surface area contributed by atoms with Crippen LogP contribution in [0.1, 0.15) is 82.2 Å². The van der Waals surface area contributed by atoms with E-state index in [1.165, 1.54) is 11.1 Å². The Labute approximate surface area is 335 Å². The molecule has 0 saturated carbocycles. The predicted molar refractivity (Wildman–Crippen MR) is 222 cm³/mol. The van der Waals surface area contributed by atoms with E-state index in [0.29, 0.717) is 29.2 Å². The average Bonchev–Trinajstić information content (AvgIpc) is 3.67. The summed E-state index contributed by atoms with van der Waals surface area (Å²) in [5.41, 5.74) is 10.8. The lowest BCUT2D eigenvalue weighted by Gasteiger charge is -2.34. The Hall–Kier alpha value is -6.51. The maximum absolute atomic E-state index is 13.1. The van der Waals surface area contributed by atoms with Crippen LogP contribution < -0.4 is 21.1 Å². The maximum Gasteiger partial charge on any atom is 0.270 e. The largest absolute Gasteiger partial charge is 0.464 e. The zero-order valence-corrected chi connectivity index (χ0v) is 32.5. The number of hydrogen-bond donors (Lipinski definition) is 2. The lowest BCUT2D eigenvalue weighted by atomic mass is 9.89. The van der Waals surface area contributed by atoms with E-state index in [9.17, 15) is 19.2 Å². The topological polar surface area (TPSA) is 136 Å². The van der Waals surface area contributed by atoms with Crippen LogP contribution in [0.2, 0.25) is 0 Å². The number of carbonyl (C=O) groups excluding carboxylic acids is 3. The summed E-state index contributed by atoms with van der Waals surface area (Å²) in [6.45, 7) is 4.38. The number of aromatic nitrogens is 2. The summed E-state index contributed by atoms with van der Waals surface area (Å²) in [7, 11) is 1.87. The Balaban J connectivity index is 0.900. The van der Waals surface area contributed by atoms with Crippen molar-refractivity contribution < 1.29 is 23.5 Å². The summed E-state index contributed by atoms with van der Waals surface area (Å²) in [6.07, 6.45) is 7.89. The first kappa shape index (κ1) is 37.1. The van der Waals surface area contributed by atoms with Crippen LogP contribution in [0.25, 0.3) is 33.0 Å². The molecule has 0 spiro atoms. The van der Waals surface area contributed by atoms with Crippen molar-refractivity contribution in [1.82, 2.24) is 20.2 Å². The minimum absolute atomic E-state index is 0.0291. The third kappa shape index (κ3) is 7.05. The van der Waals surface area contributed by atoms with Gasteiger partial charge in [-0.2, -0.15) is 0 Å². The Kier molecular flexibility index (Phi) is 9.87. The number of piperidine rings is 1. The molecule has 3 aliphatic rings. The number of carbonyl (C=O) groups is 3. The third-order valence-corrected chi connectivity index (χ3v) is 11.8. The monoisotopic (exact) mass is 773 g/mol. The SMILES string of the molecule is Cc1cc2c(N3CCCc4cc(-c5ccc(C(=O)NCC#Cc6ccc7occ(C8CCC(=O)NC8=O)c7c6)nc5)ccc43)cc(C3CCOCC3)cc2n(C)c1=O. The molecule has 3 aliphatic heterocycles. The van der Waals surface area contributed by atoms with E-state index in [1.807, 2.05) is 38.2 Å². The number of benzene rings is 3. The van der Waals surface area contributed by atoms with Gasteiger partial charge in [0.25, 0.3) is 11.5 Å². The molecule has 1 atom stereocenters. The van der Waals surface area contributed by atoms with Crippen LogP contribution in [0.15, 0.2) is 88.4 Å². The van der Waals surface area contributed by atoms with Crippen LogP contribution in [-0.2, 0) is 27.8 Å². The molecule has 6 heterocycles. The summed E-state index contributed by atoms with van der Waals surface area (Å²) < 4.78 is 13.1. The fraction of sp³-hybridized carbons (Fsp3) is 0.298. The van der Waals surface area contributed by atoms with Gasteiger partial charge in [-0.05, 0) is 116 Å². The lowest BCUT2D eigenvalue weighted by Crippen LogP contribution is -2.39. The summed E-state index contributed by atoms with van der Waals surface area (Å²) in [5.74, 6) is 5.10. The second-order valence-electron chi connectivity index (χ2n) is 15.5. The maximum atomic E-state index is 13.1. The number of nitrogens with one attached hydrogen (secondary N) is 2. The number of imide groups is 1. The van der Waals surface area contributed by atoms with Gasteiger partial charge in [0.2, 0.25) is 11.8 Å². The molecule has 58 heavy (non-hydrogen) atoms. The van der Waals surface area contributed by atoms with E-state index in [2.05, 4.69) is 62.7 Å². The molecule has 1 unspecified atom stereocenters. The van der Waals surface area contributed by atoms with Crippen molar-refractivity contribution in [1.29, 1.82) is 0 Å². The van der Waals surface area contributed by atoms with Gasteiger partial charge >= 0.3 is 0 Å². The van der Waals surface area contributed by atoms with Gasteiger partial charge in [-0.1, -0.05) is 24.0 Å². The normalized spacial score (nSPS) is 17.1. The van der Waals surface area contributed by atoms with Crippen molar-refractivity contribution >= 4 is 51.0 Å². The quantitative estimate of drug-likeness (QED) is 0.137. The van der Waals surface area contributed by atoms with Crippen molar-refractivity contribution in [2.45, 2.75) is 57.3 Å². The highest BCUT2D eigenvalue weighted by molar-refractivity contribution is 6.03. The van der Waals surface area contributed by atoms with E-state index in [1.54, 1.807) is 29.2 Å². The highest BCUT2D eigenvalue weighted by atomic mass is 16.5. The van der Waals surface area contributed by atoms with Crippen molar-refractivity contribution in [2.24, 2.45) is 7.05 Å². The standard InChI is InChI=1S/C47H43N5O6/c1-28-21-37-41(51(2)47(28)56)24-34(30-15-19-57-20-16-30)25-42(37)52-18-4-6-32-23-31(9-12-40(32)52)33-8-11-39(49-26-33)46(55)48-17-3-5-29-7-13-43-36(22-29)38(27-58-43)35-10-14-44(53)50-45(35)54/h7-9,11-13,21-27,30,35H,4,6,10,14-20H2,1-2H3,(H,48,55)(H,50,53,54). The number of furan rings is 1. The number of rotatable bonds is 6. The Morgan fingerprint density at radius 2 is 1.78 bits per heavy atom. The Morgan fingerprint density at radius 3 is 2.59 bits per heavy atom. The highest BCUT2D eigenvalue weighted by Gasteiger charge is 2.31. The molecule has 0 bridgehead atoms. The average molecular weight is 774 g/mol. The van der Waals surface area contributed by atoms with E-state index >= 15 is 0 Å². The van der Waals surface area contributed by atoms with Crippen LogP contribution in [0.5, 0.6) is 0 Å². The number of ether oxygens (including phenoxy) is 1. The number of anilines is 2. The predicted octanol–water partition coefficient (Wildman–Crippen LogP) is 6.94. The molecule has 11 heteroatoms. The number of pyridine rings is 2. The second-order valence-corrected chi connectivity index (χ2v) is 15.5. The van der Waals surface area contributed by atoms with Crippen molar-refractivity contribution in [3.63, 3.8) is 0 Å². The van der Waals surface area contributed by atoms with E-state index in [-0.39, 0.29) is 36.2 Å². The molecule has 0 radical (unpaired) electrons. The van der Waals surface area contributed by atoms with E-state index < -0.39 is 5.92 Å². The number of fused-ring (bicyclic) bond motifs is 3. The number of nitrogens with zero attached hydrogens (tertiary/aromatic N) is 3. The fourth-order valence-electron chi connectivity index (χ4n) is 8.69. The van der Waals surface area contributed by atoms with Gasteiger partial charge in [0, 0.05) is 78.1 Å². The molecular formula is C47H43N5O6. The van der Waals surface area contributed by atoms with E-state index in [4.69, 9.17) is 9.15 Å². The molecule has 11 nitrogen and oxygen atoms in total. The summed E-state index contributed by atoms with van der Waals surface area (Å²) in [5, 5.41) is 7.09. The van der Waals surface area contributed by atoms with Crippen LogP contribution in [-0.4, -0.2) is 53.6 Å². The smallest absolute Gasteiger partial charge is 0.270 e. The molecule has 2 saturated heterocycles. The molecule has 3 amide bonds. The highest BCUT2D eigenvalue weighted by Crippen LogP contribution is 2.42. The Bertz CT molecular complexity index is 2750. The molecule has 3 aromatic heterocycles. The minimum atomic E-state index is -0.459. The van der Waals surface area contributed by atoms with Gasteiger partial charge in [-0.15, -0.1) is 0 Å². The molecule has 6 aromatic rings. The van der Waals surface area contributed by atoms with E-state index in [0.717, 1.165) is 95.4 Å². The Morgan fingerprint density at radius 1 is 0.931 bits per heavy atom. The third-order valence-electron chi connectivity index (χ3n) is 11.8. The van der Waals surface area contributed by atoms with Gasteiger partial charge in [-0.25, -0.2) is 0 Å². The number of aryl methyl sites for hydroxylation is 3. The van der Waals surface area contributed by atoms with Crippen LogP contribution in [0.4, 0.5) is 11.4 Å². The lowest BCUT2D eigenvalue weighted by molar-refractivity contribution is -0.134. The van der Waals surface area contributed by atoms with Gasteiger partial charge in [-0.3, -0.25) is 29.5 Å². The van der Waals surface area contributed by atoms with Gasteiger partial charge < -0.3 is 23.9 Å². The zero-order valence-electron chi connectivity index (χ0n) is 32.5. The molecule has 2 fully saturated rings. The summed E-state index contributed by atoms with van der Waals surface area (Å²) >= 11 is 0. The molecular weight excluding hydrogens is 731 g/mol. The molecule has 3 aromatic carbocycles.